The summed E-state index contributed by atoms with van der Waals surface area (Å²) in [5.74, 6) is 0.132. The summed E-state index contributed by atoms with van der Waals surface area (Å²) in [4.78, 5) is 18.6. The van der Waals surface area contributed by atoms with Gasteiger partial charge in [0.15, 0.2) is 0 Å². The van der Waals surface area contributed by atoms with Crippen molar-refractivity contribution in [3.8, 4) is 11.5 Å². The second kappa shape index (κ2) is 13.7. The smallest absolute Gasteiger partial charge is 0.410 e. The normalized spacial score (nSPS) is 17.0. The molecule has 1 amide bonds. The number of carbonyl (C=O) groups excluding carboxylic acids is 1. The van der Waals surface area contributed by atoms with Crippen LogP contribution in [0.15, 0.2) is 18.3 Å². The van der Waals surface area contributed by atoms with E-state index in [1.165, 1.54) is 6.20 Å². The lowest BCUT2D eigenvalue weighted by Crippen LogP contribution is -2.50. The number of nitrogens with zero attached hydrogens (tertiary/aromatic N) is 2. The molecule has 1 aromatic heterocycles. The minimum absolute atomic E-state index is 0.0173. The van der Waals surface area contributed by atoms with Gasteiger partial charge in [0.2, 0.25) is 0 Å². The lowest BCUT2D eigenvalue weighted by atomic mass is 10.0. The summed E-state index contributed by atoms with van der Waals surface area (Å²) in [5, 5.41) is 11.5. The highest BCUT2D eigenvalue weighted by molar-refractivity contribution is 6.78. The van der Waals surface area contributed by atoms with Crippen molar-refractivity contribution in [3.63, 3.8) is 0 Å². The Balaban J connectivity index is 1.71. The van der Waals surface area contributed by atoms with Crippen LogP contribution in [0.4, 0.5) is 9.18 Å². The van der Waals surface area contributed by atoms with Gasteiger partial charge in [-0.3, -0.25) is 4.98 Å². The number of phenolic OH excluding ortho intramolecular Hbond substituents is 1. The van der Waals surface area contributed by atoms with E-state index in [1.807, 2.05) is 26.8 Å². The van der Waals surface area contributed by atoms with Crippen molar-refractivity contribution in [2.45, 2.75) is 123 Å². The number of fused-ring (bicyclic) bond motifs is 1. The Morgan fingerprint density at radius 1 is 1.12 bits per heavy atom. The van der Waals surface area contributed by atoms with Crippen molar-refractivity contribution in [1.29, 1.82) is 0 Å². The van der Waals surface area contributed by atoms with Gasteiger partial charge in [-0.1, -0.05) is 41.5 Å². The third-order valence-corrected chi connectivity index (χ3v) is 14.2. The molecule has 0 radical (unpaired) electrons. The van der Waals surface area contributed by atoms with Crippen molar-refractivity contribution in [2.24, 2.45) is 0 Å². The molecule has 2 heterocycles. The molecule has 0 bridgehead atoms. The Morgan fingerprint density at radius 3 is 2.39 bits per heavy atom. The highest BCUT2D eigenvalue weighted by Gasteiger charge is 2.47. The zero-order chi connectivity index (χ0) is 30.5. The second-order valence-corrected chi connectivity index (χ2v) is 18.7. The molecule has 2 aromatic rings. The number of aryl methyl sites for hydroxylation is 1. The summed E-state index contributed by atoms with van der Waals surface area (Å²) >= 11 is 0. The van der Waals surface area contributed by atoms with Crippen molar-refractivity contribution >= 4 is 25.3 Å². The Bertz CT molecular complexity index is 1160. The SMILES string of the molecule is CC(C)[Si](Oc1cc(O)c2c(CCCO[C@@H]3CCCCN(C(=O)OC(C)(C)C)C3)c(F)cnc2c1)(C(C)C)C(C)C. The minimum atomic E-state index is -2.24. The first-order chi connectivity index (χ1) is 19.2. The highest BCUT2D eigenvalue weighted by atomic mass is 28.4. The zero-order valence-corrected chi connectivity index (χ0v) is 27.6. The number of rotatable bonds is 10. The third kappa shape index (κ3) is 8.12. The highest BCUT2D eigenvalue weighted by Crippen LogP contribution is 2.44. The largest absolute Gasteiger partial charge is 0.543 e. The fourth-order valence-corrected chi connectivity index (χ4v) is 11.6. The van der Waals surface area contributed by atoms with Crippen molar-refractivity contribution in [2.75, 3.05) is 19.7 Å². The molecule has 1 aliphatic heterocycles. The van der Waals surface area contributed by atoms with Crippen LogP contribution >= 0.6 is 0 Å². The van der Waals surface area contributed by atoms with Crippen molar-refractivity contribution in [3.05, 3.63) is 29.7 Å². The predicted octanol–water partition coefficient (Wildman–Crippen LogP) is 8.37. The first-order valence-corrected chi connectivity index (χ1v) is 17.4. The van der Waals surface area contributed by atoms with Gasteiger partial charge in [0.25, 0.3) is 8.32 Å². The van der Waals surface area contributed by atoms with E-state index in [1.54, 1.807) is 11.0 Å². The Labute approximate surface area is 246 Å². The molecular formula is C32H51FN2O5Si. The van der Waals surface area contributed by atoms with Gasteiger partial charge in [0.05, 0.1) is 24.4 Å². The number of phenols is 1. The van der Waals surface area contributed by atoms with Gasteiger partial charge in [-0.05, 0) is 69.5 Å². The molecule has 0 saturated carbocycles. The summed E-state index contributed by atoms with van der Waals surface area (Å²) in [6.07, 6.45) is 4.53. The van der Waals surface area contributed by atoms with E-state index >= 15 is 4.39 Å². The molecular weight excluding hydrogens is 539 g/mol. The molecule has 0 unspecified atom stereocenters. The molecule has 41 heavy (non-hydrogen) atoms. The van der Waals surface area contributed by atoms with Crippen LogP contribution in [0, 0.1) is 5.82 Å². The van der Waals surface area contributed by atoms with E-state index in [-0.39, 0.29) is 17.9 Å². The van der Waals surface area contributed by atoms with Crippen LogP contribution < -0.4 is 4.43 Å². The van der Waals surface area contributed by atoms with E-state index in [2.05, 4.69) is 46.5 Å². The first-order valence-electron chi connectivity index (χ1n) is 15.2. The van der Waals surface area contributed by atoms with E-state index < -0.39 is 19.7 Å². The number of hydrogen-bond donors (Lipinski definition) is 1. The maximum Gasteiger partial charge on any atom is 0.410 e. The molecule has 1 N–H and O–H groups in total. The van der Waals surface area contributed by atoms with Gasteiger partial charge in [0, 0.05) is 36.2 Å². The Hall–Kier alpha value is -2.39. The number of ether oxygens (including phenoxy) is 2. The first kappa shape index (κ1) is 33.1. The zero-order valence-electron chi connectivity index (χ0n) is 26.6. The number of likely N-dealkylation sites (tertiary alicyclic amines) is 1. The monoisotopic (exact) mass is 590 g/mol. The van der Waals surface area contributed by atoms with Gasteiger partial charge in [-0.15, -0.1) is 0 Å². The average molecular weight is 591 g/mol. The standard InChI is InChI=1S/C32H51FN2O5Si/c1-21(2)41(22(3)4,23(5)6)40-25-17-28-30(29(36)18-25)26(27(33)19-34-28)14-12-16-38-24-13-10-11-15-35(20-24)31(37)39-32(7,8)9/h17-19,21-24,36H,10-16,20H2,1-9H3/t24-/m1/s1. The summed E-state index contributed by atoms with van der Waals surface area (Å²) in [7, 11) is -2.24. The van der Waals surface area contributed by atoms with E-state index in [0.29, 0.717) is 71.4 Å². The van der Waals surface area contributed by atoms with E-state index in [9.17, 15) is 9.90 Å². The minimum Gasteiger partial charge on any atom is -0.543 e. The molecule has 1 aliphatic rings. The van der Waals surface area contributed by atoms with Gasteiger partial charge in [-0.25, -0.2) is 9.18 Å². The van der Waals surface area contributed by atoms with Crippen LogP contribution in [-0.2, 0) is 15.9 Å². The number of hydrogen-bond acceptors (Lipinski definition) is 6. The van der Waals surface area contributed by atoms with E-state index in [4.69, 9.17) is 13.9 Å². The summed E-state index contributed by atoms with van der Waals surface area (Å²) in [6.45, 7) is 20.4. The molecule has 0 aliphatic carbocycles. The lowest BCUT2D eigenvalue weighted by Gasteiger charge is -2.42. The van der Waals surface area contributed by atoms with Crippen LogP contribution in [0.3, 0.4) is 0 Å². The number of aromatic hydroxyl groups is 1. The number of halogens is 1. The number of pyridine rings is 1. The number of amides is 1. The molecule has 3 rings (SSSR count). The van der Waals surface area contributed by atoms with Crippen LogP contribution in [0.5, 0.6) is 11.5 Å². The fourth-order valence-electron chi connectivity index (χ4n) is 6.41. The van der Waals surface area contributed by atoms with Crippen LogP contribution in [-0.4, -0.2) is 60.8 Å². The molecule has 1 aromatic carbocycles. The Kier molecular flexibility index (Phi) is 11.1. The van der Waals surface area contributed by atoms with Crippen molar-refractivity contribution in [1.82, 2.24) is 9.88 Å². The molecule has 7 nitrogen and oxygen atoms in total. The second-order valence-electron chi connectivity index (χ2n) is 13.4. The maximum atomic E-state index is 15.0. The average Bonchev–Trinajstić information content (AvgIpc) is 3.10. The lowest BCUT2D eigenvalue weighted by molar-refractivity contribution is 0.000748. The quantitative estimate of drug-likeness (QED) is 0.221. The number of benzene rings is 1. The van der Waals surface area contributed by atoms with Crippen LogP contribution in [0.25, 0.3) is 10.9 Å². The summed E-state index contributed by atoms with van der Waals surface area (Å²) in [6, 6.07) is 3.45. The number of carbonyl (C=O) groups is 1. The summed E-state index contributed by atoms with van der Waals surface area (Å²) in [5.41, 5.74) is 1.54. The Morgan fingerprint density at radius 2 is 1.78 bits per heavy atom. The van der Waals surface area contributed by atoms with Gasteiger partial charge in [0.1, 0.15) is 22.9 Å². The molecule has 1 fully saturated rings. The molecule has 230 valence electrons. The van der Waals surface area contributed by atoms with E-state index in [0.717, 1.165) is 19.3 Å². The molecule has 1 atom stereocenters. The maximum absolute atomic E-state index is 15.0. The topological polar surface area (TPSA) is 81.1 Å². The van der Waals surface area contributed by atoms with Crippen LogP contribution in [0.1, 0.15) is 93.6 Å². The molecule has 9 heteroatoms. The van der Waals surface area contributed by atoms with Gasteiger partial charge in [-0.2, -0.15) is 0 Å². The number of aromatic nitrogens is 1. The molecule has 1 saturated heterocycles. The fraction of sp³-hybridized carbons (Fsp3) is 0.688. The van der Waals surface area contributed by atoms with Gasteiger partial charge < -0.3 is 23.9 Å². The van der Waals surface area contributed by atoms with Gasteiger partial charge >= 0.3 is 6.09 Å². The van der Waals surface area contributed by atoms with Crippen LogP contribution in [0.2, 0.25) is 16.6 Å². The third-order valence-electron chi connectivity index (χ3n) is 8.18. The summed E-state index contributed by atoms with van der Waals surface area (Å²) < 4.78 is 33.5. The molecule has 0 spiro atoms. The predicted molar refractivity (Wildman–Crippen MR) is 165 cm³/mol. The van der Waals surface area contributed by atoms with Crippen molar-refractivity contribution < 1.29 is 28.2 Å².